The number of halogens is 1. The molecule has 2 aliphatic rings. The molecule has 0 aromatic carbocycles. The van der Waals surface area contributed by atoms with Crippen LogP contribution in [0.3, 0.4) is 0 Å². The summed E-state index contributed by atoms with van der Waals surface area (Å²) in [6.07, 6.45) is 2.97. The van der Waals surface area contributed by atoms with Crippen molar-refractivity contribution in [1.82, 2.24) is 10.6 Å². The smallest absolute Gasteiger partial charge is 0.191 e. The van der Waals surface area contributed by atoms with Crippen molar-refractivity contribution < 1.29 is 13.2 Å². The summed E-state index contributed by atoms with van der Waals surface area (Å²) in [5.41, 5.74) is 0. The number of nitrogens with zero attached hydrogens (tertiary/aromatic N) is 1. The zero-order chi connectivity index (χ0) is 16.9. The summed E-state index contributed by atoms with van der Waals surface area (Å²) in [4.78, 5) is 4.64. The fourth-order valence-corrected chi connectivity index (χ4v) is 4.88. The van der Waals surface area contributed by atoms with E-state index in [9.17, 15) is 8.42 Å². The monoisotopic (exact) mass is 473 g/mol. The second-order valence-electron chi connectivity index (χ2n) is 7.28. The first kappa shape index (κ1) is 22.0. The predicted molar refractivity (Wildman–Crippen MR) is 109 cm³/mol. The molecule has 2 heterocycles. The van der Waals surface area contributed by atoms with Gasteiger partial charge in [-0.25, -0.2) is 8.42 Å². The number of ether oxygens (including phenoxy) is 1. The number of guanidine groups is 1. The Morgan fingerprint density at radius 3 is 2.67 bits per heavy atom. The van der Waals surface area contributed by atoms with Gasteiger partial charge < -0.3 is 15.4 Å². The maximum absolute atomic E-state index is 11.6. The minimum Gasteiger partial charge on any atom is -0.378 e. The number of aliphatic imine (C=N–C) groups is 1. The van der Waals surface area contributed by atoms with Gasteiger partial charge in [-0.2, -0.15) is 0 Å². The van der Waals surface area contributed by atoms with Crippen LogP contribution in [0, 0.1) is 11.8 Å². The van der Waals surface area contributed by atoms with Gasteiger partial charge in [-0.3, -0.25) is 4.99 Å². The second kappa shape index (κ2) is 10.2. The molecule has 2 rings (SSSR count). The average molecular weight is 473 g/mol. The first-order chi connectivity index (χ1) is 10.8. The molecule has 2 N–H and O–H groups in total. The Morgan fingerprint density at radius 2 is 2.08 bits per heavy atom. The summed E-state index contributed by atoms with van der Waals surface area (Å²) >= 11 is 0. The summed E-state index contributed by atoms with van der Waals surface area (Å²) < 4.78 is 28.7. The lowest BCUT2D eigenvalue weighted by Gasteiger charge is -2.29. The highest BCUT2D eigenvalue weighted by Gasteiger charge is 2.28. The fraction of sp³-hybridized carbons (Fsp3) is 0.938. The SMILES string of the molecule is CC(C)CN=C(NCC1CCS(=O)(=O)C1)NC1CCOC(C)C1.I. The molecule has 2 saturated heterocycles. The van der Waals surface area contributed by atoms with Crippen LogP contribution < -0.4 is 10.6 Å². The van der Waals surface area contributed by atoms with E-state index in [1.54, 1.807) is 0 Å². The molecular formula is C16H32IN3O3S. The molecule has 24 heavy (non-hydrogen) atoms. The van der Waals surface area contributed by atoms with Crippen LogP contribution >= 0.6 is 24.0 Å². The topological polar surface area (TPSA) is 79.8 Å². The third kappa shape index (κ3) is 7.86. The van der Waals surface area contributed by atoms with Gasteiger partial charge in [-0.05, 0) is 38.0 Å². The van der Waals surface area contributed by atoms with E-state index in [0.29, 0.717) is 30.0 Å². The number of rotatable bonds is 5. The Kier molecular flexibility index (Phi) is 9.29. The van der Waals surface area contributed by atoms with Crippen LogP contribution in [0.4, 0.5) is 0 Å². The molecule has 142 valence electrons. The van der Waals surface area contributed by atoms with Crippen molar-refractivity contribution >= 4 is 39.8 Å². The van der Waals surface area contributed by atoms with E-state index in [1.807, 2.05) is 0 Å². The Balaban J connectivity index is 0.00000288. The molecule has 0 amide bonds. The number of hydrogen-bond donors (Lipinski definition) is 2. The zero-order valence-corrected chi connectivity index (χ0v) is 18.1. The van der Waals surface area contributed by atoms with Crippen molar-refractivity contribution in [3.63, 3.8) is 0 Å². The van der Waals surface area contributed by atoms with E-state index in [0.717, 1.165) is 38.4 Å². The standard InChI is InChI=1S/C16H31N3O3S.HI/c1-12(2)9-17-16(19-15-4-6-22-13(3)8-15)18-10-14-5-7-23(20,21)11-14;/h12-15H,4-11H2,1-3H3,(H2,17,18,19);1H. The number of hydrogen-bond acceptors (Lipinski definition) is 4. The molecule has 0 aliphatic carbocycles. The van der Waals surface area contributed by atoms with Gasteiger partial charge in [0.25, 0.3) is 0 Å². The van der Waals surface area contributed by atoms with Crippen LogP contribution in [0.25, 0.3) is 0 Å². The summed E-state index contributed by atoms with van der Waals surface area (Å²) in [6, 6.07) is 0.365. The molecule has 6 nitrogen and oxygen atoms in total. The van der Waals surface area contributed by atoms with Crippen molar-refractivity contribution in [3.05, 3.63) is 0 Å². The Morgan fingerprint density at radius 1 is 1.33 bits per heavy atom. The van der Waals surface area contributed by atoms with Crippen LogP contribution in [0.15, 0.2) is 4.99 Å². The van der Waals surface area contributed by atoms with Gasteiger partial charge in [-0.15, -0.1) is 24.0 Å². The van der Waals surface area contributed by atoms with Gasteiger partial charge in [-0.1, -0.05) is 13.8 Å². The molecule has 0 aromatic heterocycles. The van der Waals surface area contributed by atoms with Crippen LogP contribution in [0.2, 0.25) is 0 Å². The van der Waals surface area contributed by atoms with Gasteiger partial charge in [0.2, 0.25) is 0 Å². The Hall–Kier alpha value is -0.0900. The summed E-state index contributed by atoms with van der Waals surface area (Å²) in [7, 11) is -2.82. The van der Waals surface area contributed by atoms with Gasteiger partial charge in [0.1, 0.15) is 0 Å². The lowest BCUT2D eigenvalue weighted by Crippen LogP contribution is -2.48. The van der Waals surface area contributed by atoms with Crippen LogP contribution in [0.1, 0.15) is 40.0 Å². The lowest BCUT2D eigenvalue weighted by atomic mass is 10.0. The van der Waals surface area contributed by atoms with E-state index >= 15 is 0 Å². The van der Waals surface area contributed by atoms with Gasteiger partial charge >= 0.3 is 0 Å². The second-order valence-corrected chi connectivity index (χ2v) is 9.51. The summed E-state index contributed by atoms with van der Waals surface area (Å²) in [5, 5.41) is 6.85. The van der Waals surface area contributed by atoms with E-state index in [-0.39, 0.29) is 36.0 Å². The molecule has 0 aromatic rings. The maximum Gasteiger partial charge on any atom is 0.191 e. The number of nitrogens with one attached hydrogen (secondary N) is 2. The van der Waals surface area contributed by atoms with Crippen LogP contribution in [0.5, 0.6) is 0 Å². The molecule has 0 spiro atoms. The van der Waals surface area contributed by atoms with Crippen LogP contribution in [-0.4, -0.2) is 57.7 Å². The third-order valence-electron chi connectivity index (χ3n) is 4.33. The van der Waals surface area contributed by atoms with E-state index in [1.165, 1.54) is 0 Å². The first-order valence-electron chi connectivity index (χ1n) is 8.71. The predicted octanol–water partition coefficient (Wildman–Crippen LogP) is 1.80. The normalized spacial score (nSPS) is 30.0. The minimum absolute atomic E-state index is 0. The summed E-state index contributed by atoms with van der Waals surface area (Å²) in [6.45, 7) is 8.58. The highest BCUT2D eigenvalue weighted by molar-refractivity contribution is 14.0. The van der Waals surface area contributed by atoms with E-state index < -0.39 is 9.84 Å². The van der Waals surface area contributed by atoms with Gasteiger partial charge in [0, 0.05) is 25.7 Å². The van der Waals surface area contributed by atoms with E-state index in [4.69, 9.17) is 4.74 Å². The number of sulfone groups is 1. The Labute approximate surface area is 163 Å². The molecule has 2 fully saturated rings. The molecule has 3 unspecified atom stereocenters. The molecular weight excluding hydrogens is 441 g/mol. The van der Waals surface area contributed by atoms with Crippen LogP contribution in [-0.2, 0) is 14.6 Å². The molecule has 2 aliphatic heterocycles. The maximum atomic E-state index is 11.6. The van der Waals surface area contributed by atoms with Crippen molar-refractivity contribution in [3.8, 4) is 0 Å². The molecule has 0 bridgehead atoms. The highest BCUT2D eigenvalue weighted by atomic mass is 127. The fourth-order valence-electron chi connectivity index (χ4n) is 3.02. The highest BCUT2D eigenvalue weighted by Crippen LogP contribution is 2.17. The molecule has 3 atom stereocenters. The van der Waals surface area contributed by atoms with Gasteiger partial charge in [0.15, 0.2) is 15.8 Å². The Bertz CT molecular complexity index is 511. The molecule has 0 radical (unpaired) electrons. The van der Waals surface area contributed by atoms with Crippen molar-refractivity contribution in [1.29, 1.82) is 0 Å². The van der Waals surface area contributed by atoms with Gasteiger partial charge in [0.05, 0.1) is 17.6 Å². The average Bonchev–Trinajstić information content (AvgIpc) is 2.81. The summed E-state index contributed by atoms with van der Waals surface area (Å²) in [5.74, 6) is 2.12. The van der Waals surface area contributed by atoms with Crippen molar-refractivity contribution in [2.45, 2.75) is 52.2 Å². The van der Waals surface area contributed by atoms with E-state index in [2.05, 4.69) is 36.4 Å². The first-order valence-corrected chi connectivity index (χ1v) is 10.5. The molecule has 8 heteroatoms. The third-order valence-corrected chi connectivity index (χ3v) is 6.16. The minimum atomic E-state index is -2.82. The zero-order valence-electron chi connectivity index (χ0n) is 15.0. The lowest BCUT2D eigenvalue weighted by molar-refractivity contribution is 0.0165. The largest absolute Gasteiger partial charge is 0.378 e. The molecule has 0 saturated carbocycles. The van der Waals surface area contributed by atoms with Crippen molar-refractivity contribution in [2.24, 2.45) is 16.8 Å². The van der Waals surface area contributed by atoms with Crippen molar-refractivity contribution in [2.75, 3.05) is 31.2 Å². The quantitative estimate of drug-likeness (QED) is 0.362.